The molecular formula is C11H14FNO. The Morgan fingerprint density at radius 1 is 1.50 bits per heavy atom. The summed E-state index contributed by atoms with van der Waals surface area (Å²) in [5.41, 5.74) is 6.74. The fourth-order valence-electron chi connectivity index (χ4n) is 1.82. The van der Waals surface area contributed by atoms with E-state index in [9.17, 15) is 4.39 Å². The van der Waals surface area contributed by atoms with Gasteiger partial charge < -0.3 is 10.5 Å². The minimum Gasteiger partial charge on any atom is -0.379 e. The molecule has 0 radical (unpaired) electrons. The molecule has 1 atom stereocenters. The third-order valence-corrected chi connectivity index (χ3v) is 2.58. The number of rotatable bonds is 2. The van der Waals surface area contributed by atoms with Gasteiger partial charge in [0.25, 0.3) is 0 Å². The van der Waals surface area contributed by atoms with Crippen molar-refractivity contribution in [3.05, 3.63) is 35.6 Å². The van der Waals surface area contributed by atoms with E-state index in [1.165, 1.54) is 12.1 Å². The summed E-state index contributed by atoms with van der Waals surface area (Å²) in [6, 6.07) is 6.59. The molecule has 1 heterocycles. The van der Waals surface area contributed by atoms with Gasteiger partial charge in [0.05, 0.1) is 6.61 Å². The van der Waals surface area contributed by atoms with Gasteiger partial charge in [-0.05, 0) is 30.5 Å². The highest BCUT2D eigenvalue weighted by Gasteiger charge is 2.30. The van der Waals surface area contributed by atoms with E-state index in [0.717, 1.165) is 12.0 Å². The second kappa shape index (κ2) is 3.67. The fraction of sp³-hybridized carbons (Fsp3) is 0.455. The molecule has 1 unspecified atom stereocenters. The largest absolute Gasteiger partial charge is 0.379 e. The second-order valence-electron chi connectivity index (χ2n) is 3.97. The number of nitrogens with two attached hydrogens (primary N) is 1. The Hall–Kier alpha value is -0.930. The first kappa shape index (κ1) is 9.62. The first-order valence-electron chi connectivity index (χ1n) is 4.79. The lowest BCUT2D eigenvalue weighted by Crippen LogP contribution is -2.42. The number of hydrogen-bond donors (Lipinski definition) is 1. The third kappa shape index (κ3) is 2.11. The van der Waals surface area contributed by atoms with Crippen LogP contribution in [0.4, 0.5) is 4.39 Å². The molecule has 0 saturated carbocycles. The average molecular weight is 195 g/mol. The van der Waals surface area contributed by atoms with Gasteiger partial charge in [0, 0.05) is 12.1 Å². The molecular weight excluding hydrogens is 181 g/mol. The monoisotopic (exact) mass is 195 g/mol. The van der Waals surface area contributed by atoms with Gasteiger partial charge in [-0.15, -0.1) is 0 Å². The second-order valence-corrected chi connectivity index (χ2v) is 3.97. The number of halogens is 1. The van der Waals surface area contributed by atoms with E-state index in [-0.39, 0.29) is 11.4 Å². The molecule has 2 nitrogen and oxygen atoms in total. The Kier molecular flexibility index (Phi) is 2.52. The molecule has 1 aliphatic rings. The molecule has 1 saturated heterocycles. The van der Waals surface area contributed by atoms with Crippen LogP contribution in [0.25, 0.3) is 0 Å². The van der Waals surface area contributed by atoms with Gasteiger partial charge in [-0.1, -0.05) is 12.1 Å². The van der Waals surface area contributed by atoms with Gasteiger partial charge in [0.2, 0.25) is 0 Å². The zero-order chi connectivity index (χ0) is 10.0. The van der Waals surface area contributed by atoms with E-state index in [1.54, 1.807) is 6.07 Å². The fourth-order valence-corrected chi connectivity index (χ4v) is 1.82. The number of ether oxygens (including phenoxy) is 1. The Morgan fingerprint density at radius 3 is 3.00 bits per heavy atom. The maximum Gasteiger partial charge on any atom is 0.123 e. The molecule has 0 amide bonds. The predicted octanol–water partition coefficient (Wildman–Crippen LogP) is 1.49. The van der Waals surface area contributed by atoms with Crippen LogP contribution in [-0.4, -0.2) is 18.8 Å². The molecule has 1 aromatic carbocycles. The minimum atomic E-state index is -0.298. The van der Waals surface area contributed by atoms with Crippen molar-refractivity contribution in [3.63, 3.8) is 0 Å². The van der Waals surface area contributed by atoms with Gasteiger partial charge in [0.1, 0.15) is 5.82 Å². The van der Waals surface area contributed by atoms with Gasteiger partial charge in [-0.2, -0.15) is 0 Å². The quantitative estimate of drug-likeness (QED) is 0.776. The lowest BCUT2D eigenvalue weighted by Gasteiger charge is -2.21. The normalized spacial score (nSPS) is 26.7. The Morgan fingerprint density at radius 2 is 2.36 bits per heavy atom. The number of hydrogen-bond acceptors (Lipinski definition) is 2. The van der Waals surface area contributed by atoms with Gasteiger partial charge in [-0.25, -0.2) is 4.39 Å². The molecule has 2 N–H and O–H groups in total. The summed E-state index contributed by atoms with van der Waals surface area (Å²) in [6.07, 6.45) is 1.54. The lowest BCUT2D eigenvalue weighted by molar-refractivity contribution is 0.178. The maximum absolute atomic E-state index is 12.9. The summed E-state index contributed by atoms with van der Waals surface area (Å²) in [5.74, 6) is -0.204. The van der Waals surface area contributed by atoms with Crippen LogP contribution in [-0.2, 0) is 11.2 Å². The summed E-state index contributed by atoms with van der Waals surface area (Å²) < 4.78 is 18.1. The van der Waals surface area contributed by atoms with Crippen LogP contribution < -0.4 is 5.73 Å². The van der Waals surface area contributed by atoms with Crippen molar-refractivity contribution in [1.82, 2.24) is 0 Å². The molecule has 76 valence electrons. The van der Waals surface area contributed by atoms with Crippen molar-refractivity contribution in [2.45, 2.75) is 18.4 Å². The minimum absolute atomic E-state index is 0.204. The van der Waals surface area contributed by atoms with Crippen molar-refractivity contribution in [1.29, 1.82) is 0 Å². The first-order valence-corrected chi connectivity index (χ1v) is 4.79. The highest BCUT2D eigenvalue weighted by Crippen LogP contribution is 2.21. The lowest BCUT2D eigenvalue weighted by atomic mass is 9.91. The molecule has 2 rings (SSSR count). The maximum atomic E-state index is 12.9. The van der Waals surface area contributed by atoms with Crippen molar-refractivity contribution in [3.8, 4) is 0 Å². The summed E-state index contributed by atoms with van der Waals surface area (Å²) in [6.45, 7) is 1.29. The Labute approximate surface area is 82.9 Å². The molecule has 1 aromatic rings. The van der Waals surface area contributed by atoms with Gasteiger partial charge in [-0.3, -0.25) is 0 Å². The SMILES string of the molecule is NC1(Cc2cccc(F)c2)CCOC1. The third-order valence-electron chi connectivity index (χ3n) is 2.58. The zero-order valence-corrected chi connectivity index (χ0v) is 8.00. The van der Waals surface area contributed by atoms with Crippen LogP contribution in [0.5, 0.6) is 0 Å². The number of benzene rings is 1. The van der Waals surface area contributed by atoms with Crippen molar-refractivity contribution in [2.75, 3.05) is 13.2 Å². The van der Waals surface area contributed by atoms with E-state index in [2.05, 4.69) is 0 Å². The highest BCUT2D eigenvalue weighted by atomic mass is 19.1. The van der Waals surface area contributed by atoms with E-state index in [1.807, 2.05) is 6.07 Å². The molecule has 1 fully saturated rings. The molecule has 14 heavy (non-hydrogen) atoms. The topological polar surface area (TPSA) is 35.2 Å². The summed E-state index contributed by atoms with van der Waals surface area (Å²) in [4.78, 5) is 0. The van der Waals surface area contributed by atoms with Crippen molar-refractivity contribution in [2.24, 2.45) is 5.73 Å². The van der Waals surface area contributed by atoms with Crippen LogP contribution in [0.1, 0.15) is 12.0 Å². The predicted molar refractivity (Wildman–Crippen MR) is 52.5 cm³/mol. The summed E-state index contributed by atoms with van der Waals surface area (Å²) in [5, 5.41) is 0. The van der Waals surface area contributed by atoms with E-state index < -0.39 is 0 Å². The summed E-state index contributed by atoms with van der Waals surface area (Å²) in [7, 11) is 0. The van der Waals surface area contributed by atoms with E-state index in [0.29, 0.717) is 19.6 Å². The highest BCUT2D eigenvalue weighted by molar-refractivity contribution is 5.19. The molecule has 0 aromatic heterocycles. The average Bonchev–Trinajstić information content (AvgIpc) is 2.51. The van der Waals surface area contributed by atoms with Crippen molar-refractivity contribution >= 4 is 0 Å². The van der Waals surface area contributed by atoms with E-state index >= 15 is 0 Å². The van der Waals surface area contributed by atoms with Crippen LogP contribution in [0, 0.1) is 5.82 Å². The van der Waals surface area contributed by atoms with Crippen LogP contribution >= 0.6 is 0 Å². The van der Waals surface area contributed by atoms with Gasteiger partial charge >= 0.3 is 0 Å². The molecule has 0 bridgehead atoms. The smallest absolute Gasteiger partial charge is 0.123 e. The molecule has 3 heteroatoms. The van der Waals surface area contributed by atoms with Gasteiger partial charge in [0.15, 0.2) is 0 Å². The van der Waals surface area contributed by atoms with Crippen molar-refractivity contribution < 1.29 is 9.13 Å². The molecule has 0 spiro atoms. The molecule has 0 aliphatic carbocycles. The summed E-state index contributed by atoms with van der Waals surface area (Å²) >= 11 is 0. The Balaban J connectivity index is 2.10. The van der Waals surface area contributed by atoms with Crippen LogP contribution in [0.2, 0.25) is 0 Å². The molecule has 1 aliphatic heterocycles. The van der Waals surface area contributed by atoms with Crippen LogP contribution in [0.15, 0.2) is 24.3 Å². The first-order chi connectivity index (χ1) is 6.68. The zero-order valence-electron chi connectivity index (χ0n) is 8.00. The standard InChI is InChI=1S/C11H14FNO/c12-10-3-1-2-9(6-10)7-11(13)4-5-14-8-11/h1-3,6H,4-5,7-8,13H2. The van der Waals surface area contributed by atoms with Crippen LogP contribution in [0.3, 0.4) is 0 Å². The Bertz CT molecular complexity index is 321. The van der Waals surface area contributed by atoms with E-state index in [4.69, 9.17) is 10.5 Å².